The zero-order valence-electron chi connectivity index (χ0n) is 18.3. The van der Waals surface area contributed by atoms with E-state index in [-0.39, 0.29) is 5.56 Å². The molecule has 5 rings (SSSR count). The van der Waals surface area contributed by atoms with E-state index in [0.717, 1.165) is 25.2 Å². The molecule has 1 aliphatic rings. The molecule has 0 spiro atoms. The summed E-state index contributed by atoms with van der Waals surface area (Å²) in [6.07, 6.45) is 3.15. The van der Waals surface area contributed by atoms with E-state index < -0.39 is 0 Å². The highest BCUT2D eigenvalue weighted by atomic mass is 35.5. The number of halogens is 2. The number of likely N-dealkylation sites (N-methyl/N-ethyl adjacent to an activating group) is 1. The van der Waals surface area contributed by atoms with Gasteiger partial charge in [0.1, 0.15) is 11.2 Å². The van der Waals surface area contributed by atoms with Gasteiger partial charge in [-0.05, 0) is 55.3 Å². The molecule has 0 fully saturated rings. The van der Waals surface area contributed by atoms with Crippen LogP contribution in [0, 0.1) is 0 Å². The lowest BCUT2D eigenvalue weighted by Crippen LogP contribution is -2.26. The summed E-state index contributed by atoms with van der Waals surface area (Å²) in [4.78, 5) is 24.6. The Morgan fingerprint density at radius 1 is 1.12 bits per heavy atom. The molecule has 0 unspecified atom stereocenters. The summed E-state index contributed by atoms with van der Waals surface area (Å²) in [5.74, 6) is 0.413. The number of nitrogens with zero attached hydrogens (tertiary/aromatic N) is 5. The second kappa shape index (κ2) is 8.74. The molecule has 9 heteroatoms. The van der Waals surface area contributed by atoms with Crippen molar-refractivity contribution in [3.8, 4) is 5.69 Å². The average Bonchev–Trinajstić information content (AvgIpc) is 2.80. The Morgan fingerprint density at radius 2 is 1.91 bits per heavy atom. The molecule has 0 amide bonds. The Hall–Kier alpha value is -3.00. The number of rotatable bonds is 4. The van der Waals surface area contributed by atoms with Crippen molar-refractivity contribution in [3.63, 3.8) is 0 Å². The number of aromatic nitrogens is 4. The third-order valence-corrected chi connectivity index (χ3v) is 6.47. The molecule has 1 aliphatic heterocycles. The normalized spacial score (nSPS) is 13.8. The number of aryl methyl sites for hydroxylation is 1. The standard InChI is InChI=1S/C24H22Cl2N6O/c1-3-20-21-17(23(33)32(30-20)22-18(25)5-4-6-19(22)26)12-27-24(29-21)28-16-8-7-14-9-10-31(2)13-15(14)11-16/h4-8,11-12H,3,9-10,13H2,1-2H3,(H,27,28,29). The van der Waals surface area contributed by atoms with E-state index in [1.807, 2.05) is 13.0 Å². The molecule has 0 atom stereocenters. The summed E-state index contributed by atoms with van der Waals surface area (Å²) in [5, 5.41) is 8.86. The SMILES string of the molecule is CCc1nn(-c2c(Cl)cccc2Cl)c(=O)c2cnc(Nc3ccc4c(c3)CN(C)CC4)nc12. The fourth-order valence-corrected chi connectivity index (χ4v) is 4.69. The molecule has 0 aliphatic carbocycles. The molecule has 2 aromatic heterocycles. The van der Waals surface area contributed by atoms with E-state index in [2.05, 4.69) is 44.5 Å². The van der Waals surface area contributed by atoms with Crippen LogP contribution in [0.1, 0.15) is 23.7 Å². The van der Waals surface area contributed by atoms with Crippen molar-refractivity contribution < 1.29 is 0 Å². The molecule has 168 valence electrons. The second-order valence-corrected chi connectivity index (χ2v) is 8.95. The number of fused-ring (bicyclic) bond motifs is 2. The van der Waals surface area contributed by atoms with Crippen molar-refractivity contribution in [1.82, 2.24) is 24.6 Å². The van der Waals surface area contributed by atoms with Gasteiger partial charge in [0.15, 0.2) is 0 Å². The van der Waals surface area contributed by atoms with E-state index >= 15 is 0 Å². The van der Waals surface area contributed by atoms with Crippen LogP contribution >= 0.6 is 23.2 Å². The number of hydrogen-bond donors (Lipinski definition) is 1. The molecule has 3 heterocycles. The minimum Gasteiger partial charge on any atom is -0.324 e. The molecule has 0 saturated carbocycles. The van der Waals surface area contributed by atoms with Crippen molar-refractivity contribution in [3.05, 3.63) is 79.8 Å². The molecule has 1 N–H and O–H groups in total. The van der Waals surface area contributed by atoms with Crippen molar-refractivity contribution >= 4 is 45.7 Å². The Bertz CT molecular complexity index is 1410. The van der Waals surface area contributed by atoms with Crippen LogP contribution in [-0.4, -0.2) is 38.2 Å². The van der Waals surface area contributed by atoms with Gasteiger partial charge in [0.2, 0.25) is 5.95 Å². The van der Waals surface area contributed by atoms with E-state index in [0.29, 0.717) is 44.7 Å². The third-order valence-electron chi connectivity index (χ3n) is 5.86. The number of benzene rings is 2. The van der Waals surface area contributed by atoms with Gasteiger partial charge in [-0.2, -0.15) is 9.78 Å². The number of nitrogens with one attached hydrogen (secondary N) is 1. The van der Waals surface area contributed by atoms with Gasteiger partial charge >= 0.3 is 0 Å². The molecule has 33 heavy (non-hydrogen) atoms. The summed E-state index contributed by atoms with van der Waals surface area (Å²) in [6.45, 7) is 3.94. The first-order chi connectivity index (χ1) is 15.9. The summed E-state index contributed by atoms with van der Waals surface area (Å²) in [7, 11) is 2.12. The lowest BCUT2D eigenvalue weighted by molar-refractivity contribution is 0.313. The first kappa shape index (κ1) is 21.8. The van der Waals surface area contributed by atoms with Crippen LogP contribution in [0.25, 0.3) is 16.6 Å². The van der Waals surface area contributed by atoms with Gasteiger partial charge in [-0.15, -0.1) is 0 Å². The third kappa shape index (κ3) is 4.08. The Kier molecular flexibility index (Phi) is 5.78. The maximum Gasteiger partial charge on any atom is 0.282 e. The van der Waals surface area contributed by atoms with Gasteiger partial charge in [-0.3, -0.25) is 4.79 Å². The smallest absolute Gasteiger partial charge is 0.282 e. The number of anilines is 2. The number of hydrogen-bond acceptors (Lipinski definition) is 6. The fraction of sp³-hybridized carbons (Fsp3) is 0.250. The zero-order chi connectivity index (χ0) is 23.1. The molecule has 0 saturated heterocycles. The zero-order valence-corrected chi connectivity index (χ0v) is 19.8. The maximum absolute atomic E-state index is 13.2. The van der Waals surface area contributed by atoms with E-state index in [1.54, 1.807) is 18.2 Å². The van der Waals surface area contributed by atoms with Crippen LogP contribution in [0.2, 0.25) is 10.0 Å². The van der Waals surface area contributed by atoms with Crippen LogP contribution < -0.4 is 10.9 Å². The second-order valence-electron chi connectivity index (χ2n) is 8.14. The highest BCUT2D eigenvalue weighted by molar-refractivity contribution is 6.37. The first-order valence-electron chi connectivity index (χ1n) is 10.8. The lowest BCUT2D eigenvalue weighted by Gasteiger charge is -2.25. The van der Waals surface area contributed by atoms with Crippen molar-refractivity contribution in [2.45, 2.75) is 26.3 Å². The largest absolute Gasteiger partial charge is 0.324 e. The lowest BCUT2D eigenvalue weighted by atomic mass is 9.99. The van der Waals surface area contributed by atoms with Crippen LogP contribution in [-0.2, 0) is 19.4 Å². The minimum atomic E-state index is -0.374. The maximum atomic E-state index is 13.2. The fourth-order valence-electron chi connectivity index (χ4n) is 4.13. The van der Waals surface area contributed by atoms with Gasteiger partial charge in [0.05, 0.1) is 21.1 Å². The van der Waals surface area contributed by atoms with E-state index in [9.17, 15) is 4.79 Å². The monoisotopic (exact) mass is 480 g/mol. The molecular formula is C24H22Cl2N6O. The Labute approximate surface area is 201 Å². The minimum absolute atomic E-state index is 0.343. The summed E-state index contributed by atoms with van der Waals surface area (Å²) < 4.78 is 1.24. The van der Waals surface area contributed by atoms with Crippen LogP contribution in [0.5, 0.6) is 0 Å². The highest BCUT2D eigenvalue weighted by Crippen LogP contribution is 2.28. The van der Waals surface area contributed by atoms with Crippen molar-refractivity contribution in [1.29, 1.82) is 0 Å². The Morgan fingerprint density at radius 3 is 2.67 bits per heavy atom. The highest BCUT2D eigenvalue weighted by Gasteiger charge is 2.18. The molecular weight excluding hydrogens is 459 g/mol. The quantitative estimate of drug-likeness (QED) is 0.453. The molecule has 4 aromatic rings. The first-order valence-corrected chi connectivity index (χ1v) is 11.5. The van der Waals surface area contributed by atoms with Crippen molar-refractivity contribution in [2.75, 3.05) is 18.9 Å². The number of para-hydroxylation sites is 1. The van der Waals surface area contributed by atoms with Gasteiger partial charge < -0.3 is 10.2 Å². The Balaban J connectivity index is 1.56. The average molecular weight is 481 g/mol. The van der Waals surface area contributed by atoms with Crippen LogP contribution in [0.3, 0.4) is 0 Å². The van der Waals surface area contributed by atoms with E-state index in [4.69, 9.17) is 23.2 Å². The predicted molar refractivity (Wildman–Crippen MR) is 132 cm³/mol. The summed E-state index contributed by atoms with van der Waals surface area (Å²) >= 11 is 12.7. The van der Waals surface area contributed by atoms with Crippen LogP contribution in [0.15, 0.2) is 47.4 Å². The van der Waals surface area contributed by atoms with Crippen molar-refractivity contribution in [2.24, 2.45) is 0 Å². The van der Waals surface area contributed by atoms with Gasteiger partial charge in [0.25, 0.3) is 5.56 Å². The van der Waals surface area contributed by atoms with Gasteiger partial charge in [0, 0.05) is 25.0 Å². The topological polar surface area (TPSA) is 75.9 Å². The molecule has 2 aromatic carbocycles. The molecule has 0 radical (unpaired) electrons. The molecule has 7 nitrogen and oxygen atoms in total. The molecule has 0 bridgehead atoms. The van der Waals surface area contributed by atoms with Crippen LogP contribution in [0.4, 0.5) is 11.6 Å². The predicted octanol–water partition coefficient (Wildman–Crippen LogP) is 4.78. The van der Waals surface area contributed by atoms with E-state index in [1.165, 1.54) is 22.0 Å². The summed E-state index contributed by atoms with van der Waals surface area (Å²) in [6, 6.07) is 11.4. The summed E-state index contributed by atoms with van der Waals surface area (Å²) in [5.41, 5.74) is 4.71. The van der Waals surface area contributed by atoms with Gasteiger partial charge in [-0.25, -0.2) is 9.97 Å². The van der Waals surface area contributed by atoms with Gasteiger partial charge in [-0.1, -0.05) is 42.3 Å².